The molecule has 1 atom stereocenters. The number of anilines is 1. The van der Waals surface area contributed by atoms with Gasteiger partial charge in [-0.2, -0.15) is 0 Å². The highest BCUT2D eigenvalue weighted by Gasteiger charge is 2.34. The Hall–Kier alpha value is -1.89. The number of carbonyl (C=O) groups excluding carboxylic acids is 1. The number of hydrogen-bond acceptors (Lipinski definition) is 5. The summed E-state index contributed by atoms with van der Waals surface area (Å²) in [5.41, 5.74) is 0. The first-order valence-corrected chi connectivity index (χ1v) is 11.5. The van der Waals surface area contributed by atoms with Gasteiger partial charge in [-0.3, -0.25) is 0 Å². The van der Waals surface area contributed by atoms with Crippen LogP contribution in [0, 0.1) is 5.92 Å². The molecule has 2 aromatic rings. The van der Waals surface area contributed by atoms with Gasteiger partial charge in [0.15, 0.2) is 0 Å². The Balaban J connectivity index is 1.45. The van der Waals surface area contributed by atoms with Gasteiger partial charge in [0.05, 0.1) is 5.39 Å². The number of nitrogens with zero attached hydrogens (tertiary/aromatic N) is 4. The Morgan fingerprint density at radius 2 is 1.96 bits per heavy atom. The van der Waals surface area contributed by atoms with Gasteiger partial charge < -0.3 is 15.1 Å². The number of hydrogen-bond donors (Lipinski definition) is 1. The van der Waals surface area contributed by atoms with Crippen molar-refractivity contribution in [2.45, 2.75) is 64.5 Å². The van der Waals surface area contributed by atoms with Gasteiger partial charge in [-0.05, 0) is 56.9 Å². The lowest BCUT2D eigenvalue weighted by molar-refractivity contribution is 0.135. The fraction of sp³-hybridized carbons (Fsp3) is 0.667. The van der Waals surface area contributed by atoms with Gasteiger partial charge >= 0.3 is 6.03 Å². The van der Waals surface area contributed by atoms with Crippen LogP contribution in [0.3, 0.4) is 0 Å². The number of urea groups is 1. The molecule has 28 heavy (non-hydrogen) atoms. The zero-order chi connectivity index (χ0) is 19.5. The van der Waals surface area contributed by atoms with Crippen molar-refractivity contribution < 1.29 is 4.79 Å². The molecule has 2 aromatic heterocycles. The summed E-state index contributed by atoms with van der Waals surface area (Å²) in [6, 6.07) is 2.81. The molecule has 2 saturated heterocycles. The molecule has 1 N–H and O–H groups in total. The van der Waals surface area contributed by atoms with Gasteiger partial charge in [-0.25, -0.2) is 14.8 Å². The smallest absolute Gasteiger partial charge is 0.317 e. The molecule has 4 rings (SSSR count). The monoisotopic (exact) mass is 401 g/mol. The number of piperidine rings is 1. The number of likely N-dealkylation sites (tertiary alicyclic amines) is 1. The van der Waals surface area contributed by atoms with E-state index < -0.39 is 0 Å². The van der Waals surface area contributed by atoms with E-state index in [1.54, 1.807) is 17.7 Å². The van der Waals surface area contributed by atoms with Crippen molar-refractivity contribution in [2.24, 2.45) is 5.92 Å². The molecule has 0 bridgehead atoms. The third kappa shape index (κ3) is 4.09. The van der Waals surface area contributed by atoms with Crippen molar-refractivity contribution in [1.82, 2.24) is 20.2 Å². The van der Waals surface area contributed by atoms with E-state index in [9.17, 15) is 4.79 Å². The molecule has 4 heterocycles. The van der Waals surface area contributed by atoms with E-state index in [4.69, 9.17) is 0 Å². The normalized spacial score (nSPS) is 21.9. The van der Waals surface area contributed by atoms with Crippen LogP contribution in [-0.4, -0.2) is 52.6 Å². The van der Waals surface area contributed by atoms with Crippen LogP contribution < -0.4 is 10.2 Å². The number of aromatic nitrogens is 2. The van der Waals surface area contributed by atoms with E-state index in [-0.39, 0.29) is 12.1 Å². The van der Waals surface area contributed by atoms with Crippen LogP contribution in [0.4, 0.5) is 10.6 Å². The maximum Gasteiger partial charge on any atom is 0.317 e. The van der Waals surface area contributed by atoms with Crippen LogP contribution in [0.15, 0.2) is 17.8 Å². The van der Waals surface area contributed by atoms with Crippen LogP contribution in [0.1, 0.15) is 52.4 Å². The molecule has 6 nitrogen and oxygen atoms in total. The topological polar surface area (TPSA) is 61.4 Å². The number of rotatable bonds is 3. The summed E-state index contributed by atoms with van der Waals surface area (Å²) in [5, 5.41) is 6.38. The van der Waals surface area contributed by atoms with Crippen LogP contribution in [0.2, 0.25) is 0 Å². The Bertz CT molecular complexity index is 799. The molecule has 2 fully saturated rings. The standard InChI is InChI=1S/C21H31N5OS/c1-15(2)24-21(27)26-10-5-3-4-6-18(26)16-7-11-25(12-8-16)19-17-9-13-28-20(17)23-14-22-19/h9,13-16,18H,3-8,10-12H2,1-2H3,(H,24,27). The molecule has 0 aromatic carbocycles. The Morgan fingerprint density at radius 3 is 2.75 bits per heavy atom. The summed E-state index contributed by atoms with van der Waals surface area (Å²) in [7, 11) is 0. The van der Waals surface area contributed by atoms with Crippen LogP contribution in [-0.2, 0) is 0 Å². The predicted molar refractivity (Wildman–Crippen MR) is 115 cm³/mol. The van der Waals surface area contributed by atoms with Crippen molar-refractivity contribution in [3.8, 4) is 0 Å². The van der Waals surface area contributed by atoms with Crippen molar-refractivity contribution in [3.05, 3.63) is 17.8 Å². The molecule has 0 radical (unpaired) electrons. The highest BCUT2D eigenvalue weighted by atomic mass is 32.1. The number of nitrogens with one attached hydrogen (secondary N) is 1. The Kier molecular flexibility index (Phi) is 5.99. The first-order chi connectivity index (χ1) is 13.6. The number of amides is 2. The molecular formula is C21H31N5OS. The van der Waals surface area contributed by atoms with Gasteiger partial charge in [-0.15, -0.1) is 11.3 Å². The molecule has 2 aliphatic rings. The predicted octanol–water partition coefficient (Wildman–Crippen LogP) is 4.27. The van der Waals surface area contributed by atoms with Crippen molar-refractivity contribution in [2.75, 3.05) is 24.5 Å². The lowest BCUT2D eigenvalue weighted by Gasteiger charge is -2.41. The van der Waals surface area contributed by atoms with E-state index in [0.717, 1.165) is 56.0 Å². The second kappa shape index (κ2) is 8.64. The van der Waals surface area contributed by atoms with E-state index in [1.165, 1.54) is 18.2 Å². The van der Waals surface area contributed by atoms with Crippen LogP contribution in [0.25, 0.3) is 10.2 Å². The zero-order valence-electron chi connectivity index (χ0n) is 16.9. The van der Waals surface area contributed by atoms with Gasteiger partial charge in [-0.1, -0.05) is 12.8 Å². The second-order valence-corrected chi connectivity index (χ2v) is 9.27. The Morgan fingerprint density at radius 1 is 1.14 bits per heavy atom. The summed E-state index contributed by atoms with van der Waals surface area (Å²) in [5.74, 6) is 1.65. The Labute approximate surface area is 171 Å². The average molecular weight is 402 g/mol. The minimum atomic E-state index is 0.125. The molecule has 2 aliphatic heterocycles. The molecule has 2 amide bonds. The van der Waals surface area contributed by atoms with Crippen LogP contribution in [0.5, 0.6) is 0 Å². The van der Waals surface area contributed by atoms with Gasteiger partial charge in [0.2, 0.25) is 0 Å². The maximum atomic E-state index is 12.8. The lowest BCUT2D eigenvalue weighted by Crippen LogP contribution is -2.52. The highest BCUT2D eigenvalue weighted by Crippen LogP contribution is 2.34. The fourth-order valence-electron chi connectivity index (χ4n) is 4.73. The lowest BCUT2D eigenvalue weighted by atomic mass is 9.86. The molecular weight excluding hydrogens is 370 g/mol. The summed E-state index contributed by atoms with van der Waals surface area (Å²) < 4.78 is 0. The number of carbonyl (C=O) groups is 1. The quantitative estimate of drug-likeness (QED) is 0.834. The molecule has 0 aliphatic carbocycles. The highest BCUT2D eigenvalue weighted by molar-refractivity contribution is 7.16. The van der Waals surface area contributed by atoms with E-state index >= 15 is 0 Å². The molecule has 7 heteroatoms. The van der Waals surface area contributed by atoms with Crippen molar-refractivity contribution in [3.63, 3.8) is 0 Å². The maximum absolute atomic E-state index is 12.8. The number of thiophene rings is 1. The van der Waals surface area contributed by atoms with Crippen molar-refractivity contribution in [1.29, 1.82) is 0 Å². The SMILES string of the molecule is CC(C)NC(=O)N1CCCCCC1C1CCN(c2ncnc3sccc23)CC1. The summed E-state index contributed by atoms with van der Waals surface area (Å²) >= 11 is 1.67. The molecule has 0 saturated carbocycles. The molecule has 0 spiro atoms. The van der Waals surface area contributed by atoms with Gasteiger partial charge in [0.25, 0.3) is 0 Å². The third-order valence-electron chi connectivity index (χ3n) is 6.10. The second-order valence-electron chi connectivity index (χ2n) is 8.38. The van der Waals surface area contributed by atoms with Crippen LogP contribution >= 0.6 is 11.3 Å². The zero-order valence-corrected chi connectivity index (χ0v) is 17.7. The molecule has 1 unspecified atom stereocenters. The van der Waals surface area contributed by atoms with E-state index in [2.05, 4.69) is 36.5 Å². The minimum Gasteiger partial charge on any atom is -0.356 e. The average Bonchev–Trinajstić information content (AvgIpc) is 3.04. The fourth-order valence-corrected chi connectivity index (χ4v) is 5.46. The third-order valence-corrected chi connectivity index (χ3v) is 6.92. The van der Waals surface area contributed by atoms with Gasteiger partial charge in [0.1, 0.15) is 17.0 Å². The minimum absolute atomic E-state index is 0.125. The first kappa shape index (κ1) is 19.4. The van der Waals surface area contributed by atoms with E-state index in [0.29, 0.717) is 12.0 Å². The molecule has 152 valence electrons. The van der Waals surface area contributed by atoms with Crippen molar-refractivity contribution >= 4 is 33.4 Å². The largest absolute Gasteiger partial charge is 0.356 e. The number of fused-ring (bicyclic) bond motifs is 1. The van der Waals surface area contributed by atoms with E-state index in [1.807, 2.05) is 13.8 Å². The first-order valence-electron chi connectivity index (χ1n) is 10.6. The summed E-state index contributed by atoms with van der Waals surface area (Å²) in [6.45, 7) is 6.97. The summed E-state index contributed by atoms with van der Waals surface area (Å²) in [6.07, 6.45) is 8.65. The summed E-state index contributed by atoms with van der Waals surface area (Å²) in [4.78, 5) is 27.4. The van der Waals surface area contributed by atoms with Gasteiger partial charge in [0, 0.05) is 31.7 Å².